The maximum absolute atomic E-state index is 13.2. The molecule has 37 heavy (non-hydrogen) atoms. The Labute approximate surface area is 225 Å². The lowest BCUT2D eigenvalue weighted by molar-refractivity contribution is 0.0979. The fourth-order valence-corrected chi connectivity index (χ4v) is 5.66. The molecule has 0 saturated heterocycles. The van der Waals surface area contributed by atoms with Gasteiger partial charge >= 0.3 is 0 Å². The van der Waals surface area contributed by atoms with Crippen molar-refractivity contribution in [2.75, 3.05) is 10.0 Å². The summed E-state index contributed by atoms with van der Waals surface area (Å²) in [6.07, 6.45) is 0. The second-order valence-electron chi connectivity index (χ2n) is 8.11. The normalized spacial score (nSPS) is 12.5. The third-order valence-electron chi connectivity index (χ3n) is 5.82. The van der Waals surface area contributed by atoms with Crippen molar-refractivity contribution in [1.82, 2.24) is 0 Å². The number of para-hydroxylation sites is 1. The molecule has 184 valence electrons. The molecule has 0 aliphatic heterocycles. The Morgan fingerprint density at radius 1 is 0.730 bits per heavy atom. The Morgan fingerprint density at radius 2 is 1.35 bits per heavy atom. The van der Waals surface area contributed by atoms with E-state index in [1.807, 2.05) is 0 Å². The summed E-state index contributed by atoms with van der Waals surface area (Å²) in [5.41, 5.74) is 0.873. The predicted molar refractivity (Wildman–Crippen MR) is 144 cm³/mol. The standard InChI is InChI=1S/C27H16BrClN2O5S/c28-15-9-11-16(12-10-15)37(35,36)31-21-8-4-3-7-19(21)27(34)30-22-14-13-20-23(24(22)29)26(33)18-6-2-1-5-17(18)25(20)32/h1-14,31H,(H,30,34). The van der Waals surface area contributed by atoms with E-state index >= 15 is 0 Å². The molecule has 10 heteroatoms. The van der Waals surface area contributed by atoms with Gasteiger partial charge in [0.15, 0.2) is 11.6 Å². The van der Waals surface area contributed by atoms with Gasteiger partial charge in [-0.3, -0.25) is 19.1 Å². The van der Waals surface area contributed by atoms with E-state index in [0.29, 0.717) is 5.56 Å². The van der Waals surface area contributed by atoms with Crippen molar-refractivity contribution < 1.29 is 22.8 Å². The van der Waals surface area contributed by atoms with Crippen molar-refractivity contribution in [1.29, 1.82) is 0 Å². The van der Waals surface area contributed by atoms with Crippen LogP contribution in [0.5, 0.6) is 0 Å². The van der Waals surface area contributed by atoms with Crippen LogP contribution in [0.1, 0.15) is 42.2 Å². The van der Waals surface area contributed by atoms with Crippen LogP contribution in [0, 0.1) is 0 Å². The van der Waals surface area contributed by atoms with Gasteiger partial charge in [0.1, 0.15) is 0 Å². The van der Waals surface area contributed by atoms with Crippen LogP contribution in [0.3, 0.4) is 0 Å². The molecule has 0 atom stereocenters. The average molecular weight is 596 g/mol. The molecule has 0 radical (unpaired) electrons. The van der Waals surface area contributed by atoms with Gasteiger partial charge in [-0.05, 0) is 48.5 Å². The molecule has 0 fully saturated rings. The number of benzene rings is 4. The smallest absolute Gasteiger partial charge is 0.261 e. The summed E-state index contributed by atoms with van der Waals surface area (Å²) in [4.78, 5) is 39.3. The molecular formula is C27H16BrClN2O5S. The molecule has 2 N–H and O–H groups in total. The minimum Gasteiger partial charge on any atom is -0.321 e. The first-order valence-electron chi connectivity index (χ1n) is 10.9. The second-order valence-corrected chi connectivity index (χ2v) is 11.1. The topological polar surface area (TPSA) is 109 Å². The highest BCUT2D eigenvalue weighted by atomic mass is 79.9. The molecule has 1 aliphatic rings. The summed E-state index contributed by atoms with van der Waals surface area (Å²) < 4.78 is 28.9. The zero-order chi connectivity index (χ0) is 26.3. The van der Waals surface area contributed by atoms with Crippen molar-refractivity contribution in [3.05, 3.63) is 122 Å². The first kappa shape index (κ1) is 24.9. The number of amides is 1. The zero-order valence-electron chi connectivity index (χ0n) is 18.8. The number of carbonyl (C=O) groups is 3. The van der Waals surface area contributed by atoms with Gasteiger partial charge in [-0.15, -0.1) is 0 Å². The molecule has 5 rings (SSSR count). The SMILES string of the molecule is O=C(Nc1ccc2c(c1Cl)C(=O)c1ccccc1C2=O)c1ccccc1NS(=O)(=O)c1ccc(Br)cc1. The van der Waals surface area contributed by atoms with E-state index in [-0.39, 0.29) is 49.3 Å². The number of hydrogen-bond acceptors (Lipinski definition) is 5. The van der Waals surface area contributed by atoms with Crippen molar-refractivity contribution in [2.45, 2.75) is 4.90 Å². The van der Waals surface area contributed by atoms with Crippen LogP contribution in [0.15, 0.2) is 94.3 Å². The molecule has 4 aromatic carbocycles. The van der Waals surface area contributed by atoms with E-state index in [4.69, 9.17) is 11.6 Å². The summed E-state index contributed by atoms with van der Waals surface area (Å²) >= 11 is 9.79. The lowest BCUT2D eigenvalue weighted by atomic mass is 9.84. The fraction of sp³-hybridized carbons (Fsp3) is 0. The van der Waals surface area contributed by atoms with Gasteiger partial charge in [-0.1, -0.05) is 63.9 Å². The number of fused-ring (bicyclic) bond motifs is 2. The number of sulfonamides is 1. The molecule has 4 aromatic rings. The number of halogens is 2. The van der Waals surface area contributed by atoms with Crippen LogP contribution in [0.2, 0.25) is 5.02 Å². The van der Waals surface area contributed by atoms with Gasteiger partial charge in [0.25, 0.3) is 15.9 Å². The molecule has 7 nitrogen and oxygen atoms in total. The van der Waals surface area contributed by atoms with E-state index in [0.717, 1.165) is 4.47 Å². The number of nitrogens with one attached hydrogen (secondary N) is 2. The first-order valence-corrected chi connectivity index (χ1v) is 13.5. The minimum atomic E-state index is -3.98. The van der Waals surface area contributed by atoms with Gasteiger partial charge < -0.3 is 5.32 Å². The molecule has 0 aromatic heterocycles. The van der Waals surface area contributed by atoms with Crippen molar-refractivity contribution in [3.8, 4) is 0 Å². The highest BCUT2D eigenvalue weighted by Crippen LogP contribution is 2.36. The van der Waals surface area contributed by atoms with E-state index in [1.54, 1.807) is 48.5 Å². The molecule has 0 unspecified atom stereocenters. The van der Waals surface area contributed by atoms with Crippen LogP contribution in [0.4, 0.5) is 11.4 Å². The number of hydrogen-bond donors (Lipinski definition) is 2. The Balaban J connectivity index is 1.46. The Bertz CT molecular complexity index is 1720. The summed E-state index contributed by atoms with van der Waals surface area (Å²) in [6, 6.07) is 21.5. The van der Waals surface area contributed by atoms with Crippen molar-refractivity contribution in [2.24, 2.45) is 0 Å². The molecule has 0 saturated carbocycles. The maximum atomic E-state index is 13.2. The van der Waals surface area contributed by atoms with E-state index in [2.05, 4.69) is 26.0 Å². The maximum Gasteiger partial charge on any atom is 0.261 e. The molecule has 1 aliphatic carbocycles. The summed E-state index contributed by atoms with van der Waals surface area (Å²) in [7, 11) is -3.98. The highest BCUT2D eigenvalue weighted by molar-refractivity contribution is 9.10. The van der Waals surface area contributed by atoms with Crippen molar-refractivity contribution >= 4 is 66.4 Å². The molecule has 0 heterocycles. The Kier molecular flexibility index (Phi) is 6.45. The number of rotatable bonds is 5. The van der Waals surface area contributed by atoms with Gasteiger partial charge in [-0.2, -0.15) is 0 Å². The van der Waals surface area contributed by atoms with Crippen LogP contribution in [0.25, 0.3) is 0 Å². The Morgan fingerprint density at radius 3 is 2.05 bits per heavy atom. The van der Waals surface area contributed by atoms with Crippen LogP contribution < -0.4 is 10.0 Å². The number of carbonyl (C=O) groups excluding carboxylic acids is 3. The first-order chi connectivity index (χ1) is 17.7. The summed E-state index contributed by atoms with van der Waals surface area (Å²) in [5, 5.41) is 2.56. The van der Waals surface area contributed by atoms with E-state index in [9.17, 15) is 22.8 Å². The third-order valence-corrected chi connectivity index (χ3v) is 8.12. The zero-order valence-corrected chi connectivity index (χ0v) is 21.9. The lowest BCUT2D eigenvalue weighted by Crippen LogP contribution is -2.23. The lowest BCUT2D eigenvalue weighted by Gasteiger charge is -2.20. The largest absolute Gasteiger partial charge is 0.321 e. The van der Waals surface area contributed by atoms with E-state index < -0.39 is 21.7 Å². The average Bonchev–Trinajstić information content (AvgIpc) is 2.88. The second kappa shape index (κ2) is 9.59. The quantitative estimate of drug-likeness (QED) is 0.262. The number of anilines is 2. The monoisotopic (exact) mass is 594 g/mol. The highest BCUT2D eigenvalue weighted by Gasteiger charge is 2.32. The van der Waals surface area contributed by atoms with Gasteiger partial charge in [0.05, 0.1) is 32.4 Å². The summed E-state index contributed by atoms with van der Waals surface area (Å²) in [5.74, 6) is -1.42. The molecule has 0 bridgehead atoms. The van der Waals surface area contributed by atoms with Crippen LogP contribution >= 0.6 is 27.5 Å². The molecule has 1 amide bonds. The minimum absolute atomic E-state index is 0.00685. The van der Waals surface area contributed by atoms with Gasteiger partial charge in [-0.25, -0.2) is 8.42 Å². The number of ketones is 2. The van der Waals surface area contributed by atoms with Crippen LogP contribution in [-0.4, -0.2) is 25.9 Å². The Hall–Kier alpha value is -3.79. The van der Waals surface area contributed by atoms with Crippen LogP contribution in [-0.2, 0) is 10.0 Å². The summed E-state index contributed by atoms with van der Waals surface area (Å²) in [6.45, 7) is 0. The van der Waals surface area contributed by atoms with Gasteiger partial charge in [0.2, 0.25) is 0 Å². The fourth-order valence-electron chi connectivity index (χ4n) is 4.02. The molecule has 0 spiro atoms. The molecular weight excluding hydrogens is 580 g/mol. The van der Waals surface area contributed by atoms with E-state index in [1.165, 1.54) is 36.4 Å². The van der Waals surface area contributed by atoms with Crippen molar-refractivity contribution in [3.63, 3.8) is 0 Å². The third kappa shape index (κ3) is 4.57. The van der Waals surface area contributed by atoms with Gasteiger partial charge in [0, 0.05) is 21.2 Å². The predicted octanol–water partition coefficient (Wildman–Crippen LogP) is 5.93.